The Labute approximate surface area is 163 Å². The zero-order valence-corrected chi connectivity index (χ0v) is 16.2. The lowest BCUT2D eigenvalue weighted by atomic mass is 9.92. The highest BCUT2D eigenvalue weighted by Crippen LogP contribution is 2.57. The van der Waals surface area contributed by atoms with Crippen LogP contribution in [-0.2, 0) is 11.3 Å². The Balaban J connectivity index is 1.33. The summed E-state index contributed by atoms with van der Waals surface area (Å²) in [6, 6.07) is 7.75. The Morgan fingerprint density at radius 2 is 2.15 bits per heavy atom. The van der Waals surface area contributed by atoms with E-state index in [-0.39, 0.29) is 17.4 Å². The Hall–Kier alpha value is -2.41. The number of likely N-dealkylation sites (tertiary alicyclic amines) is 1. The van der Waals surface area contributed by atoms with Crippen molar-refractivity contribution in [1.29, 1.82) is 0 Å². The summed E-state index contributed by atoms with van der Waals surface area (Å²) in [7, 11) is 0. The van der Waals surface area contributed by atoms with E-state index in [0.717, 1.165) is 32.4 Å². The molecule has 1 aliphatic heterocycles. The minimum absolute atomic E-state index is 0.0950. The molecule has 1 atom stereocenters. The number of hydrogen-bond acceptors (Lipinski definition) is 4. The molecule has 1 spiro atoms. The molecule has 0 unspecified atom stereocenters. The molecule has 7 heteroatoms. The van der Waals surface area contributed by atoms with Gasteiger partial charge in [0, 0.05) is 38.8 Å². The van der Waals surface area contributed by atoms with Crippen LogP contribution in [0.25, 0.3) is 0 Å². The molecule has 0 radical (unpaired) electrons. The lowest BCUT2D eigenvalue weighted by molar-refractivity contribution is -0.130. The number of amides is 3. The number of carbonyl (C=O) groups is 2. The molecular weight excluding hydrogens is 360 g/mol. The van der Waals surface area contributed by atoms with Crippen LogP contribution in [0.2, 0.25) is 0 Å². The average molecular weight is 385 g/mol. The molecule has 1 N–H and O–H groups in total. The minimum Gasteiger partial charge on any atom is -0.335 e. The van der Waals surface area contributed by atoms with Crippen LogP contribution in [0.3, 0.4) is 0 Å². The van der Waals surface area contributed by atoms with Crippen molar-refractivity contribution in [3.63, 3.8) is 0 Å². The fraction of sp³-hybridized carbons (Fsp3) is 0.450. The largest absolute Gasteiger partial charge is 0.335 e. The minimum atomic E-state index is -0.0950. The van der Waals surface area contributed by atoms with Gasteiger partial charge in [0.15, 0.2) is 0 Å². The van der Waals surface area contributed by atoms with Crippen molar-refractivity contribution < 1.29 is 9.59 Å². The normalized spacial score (nSPS) is 20.3. The van der Waals surface area contributed by atoms with Crippen LogP contribution in [0.5, 0.6) is 0 Å². The number of carbonyl (C=O) groups excluding carboxylic acids is 2. The van der Waals surface area contributed by atoms with E-state index in [1.165, 1.54) is 5.56 Å². The molecule has 1 aliphatic carbocycles. The molecule has 1 saturated carbocycles. The Bertz CT molecular complexity index is 801. The van der Waals surface area contributed by atoms with Gasteiger partial charge in [-0.25, -0.2) is 9.78 Å². The summed E-state index contributed by atoms with van der Waals surface area (Å²) in [5.41, 5.74) is 1.38. The fourth-order valence-electron chi connectivity index (χ4n) is 4.11. The lowest BCUT2D eigenvalue weighted by Gasteiger charge is -2.34. The van der Waals surface area contributed by atoms with Crippen molar-refractivity contribution in [2.75, 3.05) is 18.4 Å². The molecule has 27 heavy (non-hydrogen) atoms. The maximum absolute atomic E-state index is 12.4. The van der Waals surface area contributed by atoms with Crippen LogP contribution in [0.1, 0.15) is 31.7 Å². The zero-order valence-electron chi connectivity index (χ0n) is 15.4. The summed E-state index contributed by atoms with van der Waals surface area (Å²) >= 11 is 1.66. The van der Waals surface area contributed by atoms with Crippen LogP contribution >= 0.6 is 11.3 Å². The first kappa shape index (κ1) is 18.0. The molecule has 142 valence electrons. The van der Waals surface area contributed by atoms with Gasteiger partial charge >= 0.3 is 6.03 Å². The van der Waals surface area contributed by atoms with E-state index >= 15 is 0 Å². The van der Waals surface area contributed by atoms with Crippen molar-refractivity contribution in [2.24, 2.45) is 5.41 Å². The topological polar surface area (TPSA) is 65.5 Å². The van der Waals surface area contributed by atoms with Crippen LogP contribution in [0.4, 0.5) is 10.6 Å². The summed E-state index contributed by atoms with van der Waals surface area (Å²) in [6.07, 6.45) is 4.60. The smallest absolute Gasteiger partial charge is 0.323 e. The van der Waals surface area contributed by atoms with Crippen molar-refractivity contribution in [3.8, 4) is 0 Å². The third kappa shape index (κ3) is 3.83. The number of nitrogens with one attached hydrogen (secondary N) is 1. The second-order valence-electron chi connectivity index (χ2n) is 7.49. The highest BCUT2D eigenvalue weighted by Gasteiger charge is 2.58. The second-order valence-corrected chi connectivity index (χ2v) is 8.27. The summed E-state index contributed by atoms with van der Waals surface area (Å²) < 4.78 is 0. The van der Waals surface area contributed by atoms with Crippen molar-refractivity contribution in [3.05, 3.63) is 46.8 Å². The Morgan fingerprint density at radius 3 is 2.78 bits per heavy atom. The van der Waals surface area contributed by atoms with Gasteiger partial charge in [-0.3, -0.25) is 10.1 Å². The van der Waals surface area contributed by atoms with Crippen LogP contribution < -0.4 is 5.32 Å². The van der Waals surface area contributed by atoms with Gasteiger partial charge in [0.25, 0.3) is 0 Å². The van der Waals surface area contributed by atoms with Gasteiger partial charge in [0.05, 0.1) is 0 Å². The number of piperidine rings is 1. The molecule has 2 aromatic rings. The van der Waals surface area contributed by atoms with Crippen molar-refractivity contribution >= 4 is 29.1 Å². The van der Waals surface area contributed by atoms with Crippen LogP contribution in [0.15, 0.2) is 41.2 Å². The lowest BCUT2D eigenvalue weighted by Crippen LogP contribution is -2.44. The average Bonchev–Trinajstić information content (AvgIpc) is 3.10. The SMILES string of the molecule is CC(=O)N(Cc1ccsc1)[C@H]1CC12CCN(C(=O)Nc1ccccn1)CC2. The van der Waals surface area contributed by atoms with E-state index in [4.69, 9.17) is 0 Å². The highest BCUT2D eigenvalue weighted by atomic mass is 32.1. The molecule has 2 aliphatic rings. The molecule has 6 nitrogen and oxygen atoms in total. The fourth-order valence-corrected chi connectivity index (χ4v) is 4.76. The molecular formula is C20H24N4O2S. The summed E-state index contributed by atoms with van der Waals surface area (Å²) in [6.45, 7) is 3.79. The van der Waals surface area contributed by atoms with Crippen LogP contribution in [-0.4, -0.2) is 45.9 Å². The van der Waals surface area contributed by atoms with E-state index in [1.807, 2.05) is 21.9 Å². The quantitative estimate of drug-likeness (QED) is 0.876. The number of rotatable bonds is 4. The molecule has 0 aromatic carbocycles. The number of nitrogens with zero attached hydrogens (tertiary/aromatic N) is 3. The predicted octanol–water partition coefficient (Wildman–Crippen LogP) is 3.58. The van der Waals surface area contributed by atoms with E-state index < -0.39 is 0 Å². The summed E-state index contributed by atoms with van der Waals surface area (Å²) in [5.74, 6) is 0.712. The molecule has 2 fully saturated rings. The summed E-state index contributed by atoms with van der Waals surface area (Å²) in [5, 5.41) is 7.01. The zero-order chi connectivity index (χ0) is 18.9. The van der Waals surface area contributed by atoms with Gasteiger partial charge in [-0.05, 0) is 59.2 Å². The highest BCUT2D eigenvalue weighted by molar-refractivity contribution is 7.07. The number of urea groups is 1. The maximum atomic E-state index is 12.4. The first-order valence-corrected chi connectivity index (χ1v) is 10.3. The van der Waals surface area contributed by atoms with E-state index in [2.05, 4.69) is 27.1 Å². The van der Waals surface area contributed by atoms with Crippen molar-refractivity contribution in [2.45, 2.75) is 38.8 Å². The van der Waals surface area contributed by atoms with Crippen LogP contribution in [0, 0.1) is 5.41 Å². The van der Waals surface area contributed by atoms with E-state index in [9.17, 15) is 9.59 Å². The number of thiophene rings is 1. The van der Waals surface area contributed by atoms with E-state index in [1.54, 1.807) is 30.5 Å². The standard InChI is InChI=1S/C20H24N4O2S/c1-15(25)24(13-16-5-11-27-14-16)17-12-20(17)6-9-23(10-7-20)19(26)22-18-4-2-3-8-21-18/h2-5,8,11,14,17H,6-7,9-10,12-13H2,1H3,(H,21,22,26)/t17-/m0/s1. The number of hydrogen-bond donors (Lipinski definition) is 1. The predicted molar refractivity (Wildman–Crippen MR) is 105 cm³/mol. The third-order valence-corrected chi connectivity index (χ3v) is 6.54. The molecule has 3 heterocycles. The van der Waals surface area contributed by atoms with Gasteiger partial charge < -0.3 is 9.80 Å². The van der Waals surface area contributed by atoms with Gasteiger partial charge in [-0.2, -0.15) is 11.3 Å². The van der Waals surface area contributed by atoms with Gasteiger partial charge in [0.2, 0.25) is 5.91 Å². The first-order valence-electron chi connectivity index (χ1n) is 9.33. The number of pyridine rings is 1. The molecule has 1 saturated heterocycles. The first-order chi connectivity index (χ1) is 13.1. The molecule has 3 amide bonds. The van der Waals surface area contributed by atoms with E-state index in [0.29, 0.717) is 18.4 Å². The monoisotopic (exact) mass is 384 g/mol. The van der Waals surface area contributed by atoms with Gasteiger partial charge in [0.1, 0.15) is 5.82 Å². The maximum Gasteiger partial charge on any atom is 0.323 e. The van der Waals surface area contributed by atoms with Gasteiger partial charge in [-0.1, -0.05) is 6.07 Å². The Kier molecular flexibility index (Phi) is 4.86. The second kappa shape index (κ2) is 7.31. The molecule has 0 bridgehead atoms. The summed E-state index contributed by atoms with van der Waals surface area (Å²) in [4.78, 5) is 32.7. The molecule has 4 rings (SSSR count). The Morgan fingerprint density at radius 1 is 1.33 bits per heavy atom. The number of anilines is 1. The van der Waals surface area contributed by atoms with Crippen molar-refractivity contribution in [1.82, 2.24) is 14.8 Å². The third-order valence-electron chi connectivity index (χ3n) is 5.81. The van der Waals surface area contributed by atoms with Gasteiger partial charge in [-0.15, -0.1) is 0 Å². The number of aromatic nitrogens is 1. The molecule has 2 aromatic heterocycles.